The van der Waals surface area contributed by atoms with Crippen molar-refractivity contribution in [2.24, 2.45) is 0 Å². The zero-order chi connectivity index (χ0) is 16.2. The Balaban J connectivity index is 2.07. The van der Waals surface area contributed by atoms with Crippen LogP contribution >= 0.6 is 39.1 Å². The average molecular weight is 424 g/mol. The van der Waals surface area contributed by atoms with E-state index in [-0.39, 0.29) is 10.9 Å². The minimum atomic E-state index is -1.12. The molecule has 2 atom stereocenters. The predicted octanol–water partition coefficient (Wildman–Crippen LogP) is 5.21. The van der Waals surface area contributed by atoms with E-state index in [9.17, 15) is 4.55 Å². The van der Waals surface area contributed by atoms with Gasteiger partial charge in [0, 0.05) is 26.9 Å². The molecule has 3 nitrogen and oxygen atoms in total. The van der Waals surface area contributed by atoms with Crippen molar-refractivity contribution < 1.29 is 4.55 Å². The molecule has 120 valence electrons. The third-order valence-electron chi connectivity index (χ3n) is 3.83. The molecule has 1 N–H and O–H groups in total. The second-order valence-corrected chi connectivity index (χ2v) is 10.1. The van der Waals surface area contributed by atoms with Crippen LogP contribution in [0.2, 0.25) is 10.0 Å². The second-order valence-electron chi connectivity index (χ2n) is 6.48. The van der Waals surface area contributed by atoms with E-state index in [4.69, 9.17) is 23.2 Å². The van der Waals surface area contributed by atoms with Crippen molar-refractivity contribution >= 4 is 61.4 Å². The summed E-state index contributed by atoms with van der Waals surface area (Å²) in [5.74, 6) is 0. The van der Waals surface area contributed by atoms with Gasteiger partial charge < -0.3 is 9.12 Å². The summed E-state index contributed by atoms with van der Waals surface area (Å²) in [6, 6.07) is 3.89. The molecule has 3 rings (SSSR count). The van der Waals surface area contributed by atoms with Gasteiger partial charge in [0.2, 0.25) is 0 Å². The number of benzene rings is 1. The molecule has 2 heterocycles. The molecule has 0 aliphatic carbocycles. The molecule has 7 heteroatoms. The second kappa shape index (κ2) is 5.87. The lowest BCUT2D eigenvalue weighted by Crippen LogP contribution is -2.42. The van der Waals surface area contributed by atoms with Crippen LogP contribution in [0.1, 0.15) is 39.1 Å². The number of nitrogens with zero attached hydrogens (tertiary/aromatic N) is 1. The standard InChI is InChI=1S/C15H17BrCl2N2OS/c1-15(2,3)22(21)19-12-5-4-8-6-9-13(18)11(17)7-10(16)14(9)20(8)12/h6-7,12,19H,4-5H2,1-3H3/t12-,22-/m0/s1. The smallest absolute Gasteiger partial charge is 0.137 e. The van der Waals surface area contributed by atoms with Crippen LogP contribution in [-0.2, 0) is 17.8 Å². The fraction of sp³-hybridized carbons (Fsp3) is 0.467. The van der Waals surface area contributed by atoms with Gasteiger partial charge in [0.25, 0.3) is 0 Å². The maximum absolute atomic E-state index is 12.4. The van der Waals surface area contributed by atoms with Crippen molar-refractivity contribution in [2.75, 3.05) is 0 Å². The fourth-order valence-electron chi connectivity index (χ4n) is 2.73. The molecule has 0 saturated carbocycles. The van der Waals surface area contributed by atoms with E-state index in [1.54, 1.807) is 0 Å². The van der Waals surface area contributed by atoms with Gasteiger partial charge in [-0.3, -0.25) is 0 Å². The number of aryl methyl sites for hydroxylation is 1. The van der Waals surface area contributed by atoms with E-state index >= 15 is 0 Å². The summed E-state index contributed by atoms with van der Waals surface area (Å²) in [5, 5.41) is 2.04. The maximum atomic E-state index is 12.4. The van der Waals surface area contributed by atoms with Crippen molar-refractivity contribution in [3.05, 3.63) is 32.3 Å². The highest BCUT2D eigenvalue weighted by Gasteiger charge is 2.34. The van der Waals surface area contributed by atoms with Crippen molar-refractivity contribution in [3.8, 4) is 0 Å². The molecule has 0 spiro atoms. The topological polar surface area (TPSA) is 40.0 Å². The highest BCUT2D eigenvalue weighted by atomic mass is 79.9. The van der Waals surface area contributed by atoms with Gasteiger partial charge in [-0.2, -0.15) is 0 Å². The van der Waals surface area contributed by atoms with Gasteiger partial charge >= 0.3 is 0 Å². The fourth-order valence-corrected chi connectivity index (χ4v) is 4.73. The highest BCUT2D eigenvalue weighted by Crippen LogP contribution is 2.42. The summed E-state index contributed by atoms with van der Waals surface area (Å²) >= 11 is 15.0. The van der Waals surface area contributed by atoms with Crippen molar-refractivity contribution in [1.29, 1.82) is 0 Å². The number of halogens is 3. The average Bonchev–Trinajstić information content (AvgIpc) is 2.95. The van der Waals surface area contributed by atoms with Gasteiger partial charge in [0.1, 0.15) is 10.9 Å². The third-order valence-corrected chi connectivity index (χ3v) is 6.83. The highest BCUT2D eigenvalue weighted by molar-refractivity contribution is 9.10. The molecular formula is C15H17BrCl2N2OS. The van der Waals surface area contributed by atoms with Crippen LogP contribution in [0.15, 0.2) is 16.6 Å². The summed E-state index contributed by atoms with van der Waals surface area (Å²) in [6.45, 7) is 5.89. The lowest BCUT2D eigenvalue weighted by atomic mass is 10.2. The zero-order valence-electron chi connectivity index (χ0n) is 12.5. The van der Waals surface area contributed by atoms with Crippen LogP contribution in [-0.4, -0.2) is 13.9 Å². The minimum absolute atomic E-state index is 0.00102. The van der Waals surface area contributed by atoms with Crippen LogP contribution in [0, 0.1) is 0 Å². The van der Waals surface area contributed by atoms with Crippen LogP contribution in [0.3, 0.4) is 0 Å². The molecule has 0 unspecified atom stereocenters. The van der Waals surface area contributed by atoms with Crippen LogP contribution in [0.25, 0.3) is 10.9 Å². The quantitative estimate of drug-likeness (QED) is 0.532. The Bertz CT molecular complexity index is 741. The molecule has 0 fully saturated rings. The molecule has 1 aromatic heterocycles. The van der Waals surface area contributed by atoms with E-state index < -0.39 is 11.4 Å². The van der Waals surface area contributed by atoms with E-state index in [0.29, 0.717) is 10.0 Å². The van der Waals surface area contributed by atoms with Crippen LogP contribution in [0.5, 0.6) is 0 Å². The number of fused-ring (bicyclic) bond motifs is 3. The Morgan fingerprint density at radius 1 is 1.36 bits per heavy atom. The monoisotopic (exact) mass is 422 g/mol. The lowest BCUT2D eigenvalue weighted by Gasteiger charge is -2.27. The first-order valence-electron chi connectivity index (χ1n) is 7.05. The molecule has 1 aliphatic heterocycles. The molecular weight excluding hydrogens is 407 g/mol. The zero-order valence-corrected chi connectivity index (χ0v) is 16.5. The largest absolute Gasteiger partial charge is 0.598 e. The van der Waals surface area contributed by atoms with Gasteiger partial charge in [-0.25, -0.2) is 0 Å². The van der Waals surface area contributed by atoms with Crippen molar-refractivity contribution in [3.63, 3.8) is 0 Å². The van der Waals surface area contributed by atoms with Crippen LogP contribution in [0.4, 0.5) is 0 Å². The van der Waals surface area contributed by atoms with Gasteiger partial charge in [-0.1, -0.05) is 23.2 Å². The van der Waals surface area contributed by atoms with Gasteiger partial charge in [0.15, 0.2) is 0 Å². The first-order chi connectivity index (χ1) is 10.2. The first kappa shape index (κ1) is 16.9. The Morgan fingerprint density at radius 2 is 2.05 bits per heavy atom. The van der Waals surface area contributed by atoms with Crippen LogP contribution < -0.4 is 4.72 Å². The number of aromatic nitrogens is 1. The molecule has 1 aromatic carbocycles. The molecule has 1 aliphatic rings. The Labute approximate surface area is 151 Å². The summed E-state index contributed by atoms with van der Waals surface area (Å²) in [6.07, 6.45) is 1.84. The predicted molar refractivity (Wildman–Crippen MR) is 98.0 cm³/mol. The summed E-state index contributed by atoms with van der Waals surface area (Å²) in [5.41, 5.74) is 2.19. The normalized spacial score (nSPS) is 19.7. The maximum Gasteiger partial charge on any atom is 0.137 e. The molecule has 22 heavy (non-hydrogen) atoms. The molecule has 2 aromatic rings. The van der Waals surface area contributed by atoms with Gasteiger partial charge in [-0.05, 0) is 61.7 Å². The molecule has 0 bridgehead atoms. The molecule has 0 radical (unpaired) electrons. The minimum Gasteiger partial charge on any atom is -0.598 e. The SMILES string of the molecule is CC(C)(C)[S@+]([O-])N[C@@H]1CCc2cc3c(Cl)c(Cl)cc(Br)c3n21. The van der Waals surface area contributed by atoms with Gasteiger partial charge in [0.05, 0.1) is 15.6 Å². The van der Waals surface area contributed by atoms with Crippen molar-refractivity contribution in [1.82, 2.24) is 9.29 Å². The van der Waals surface area contributed by atoms with E-state index in [2.05, 4.69) is 31.3 Å². The number of rotatable bonds is 2. The molecule has 0 amide bonds. The summed E-state index contributed by atoms with van der Waals surface area (Å²) in [7, 11) is 0. The Morgan fingerprint density at radius 3 is 2.68 bits per heavy atom. The summed E-state index contributed by atoms with van der Waals surface area (Å²) in [4.78, 5) is 0. The van der Waals surface area contributed by atoms with E-state index in [1.807, 2.05) is 26.8 Å². The molecule has 0 saturated heterocycles. The number of hydrogen-bond acceptors (Lipinski definition) is 2. The Hall–Kier alpha value is 0.0900. The first-order valence-corrected chi connectivity index (χ1v) is 9.75. The summed E-state index contributed by atoms with van der Waals surface area (Å²) < 4.78 is 18.5. The lowest BCUT2D eigenvalue weighted by molar-refractivity contribution is 0.472. The van der Waals surface area contributed by atoms with E-state index in [1.165, 1.54) is 5.69 Å². The third kappa shape index (κ3) is 2.80. The Kier molecular flexibility index (Phi) is 4.52. The van der Waals surface area contributed by atoms with Crippen molar-refractivity contribution in [2.45, 2.75) is 44.5 Å². The number of hydrogen-bond donors (Lipinski definition) is 1. The van der Waals surface area contributed by atoms with E-state index in [0.717, 1.165) is 28.2 Å². The number of nitrogens with one attached hydrogen (secondary N) is 1. The van der Waals surface area contributed by atoms with Gasteiger partial charge in [-0.15, -0.1) is 4.72 Å².